The number of nitrogens with one attached hydrogen (secondary N) is 1. The summed E-state index contributed by atoms with van der Waals surface area (Å²) in [5.74, 6) is -0.304. The summed E-state index contributed by atoms with van der Waals surface area (Å²) in [5, 5.41) is 7.49. The van der Waals surface area contributed by atoms with Crippen molar-refractivity contribution in [2.75, 3.05) is 0 Å². The van der Waals surface area contributed by atoms with E-state index >= 15 is 0 Å². The van der Waals surface area contributed by atoms with Gasteiger partial charge in [0.25, 0.3) is 0 Å². The molecule has 0 atom stereocenters. The lowest BCUT2D eigenvalue weighted by Crippen LogP contribution is -2.23. The highest BCUT2D eigenvalue weighted by Gasteiger charge is 2.14. The van der Waals surface area contributed by atoms with Crippen LogP contribution in [0.3, 0.4) is 0 Å². The molecule has 4 nitrogen and oxygen atoms in total. The Labute approximate surface area is 152 Å². The van der Waals surface area contributed by atoms with Crippen LogP contribution in [0.15, 0.2) is 54.6 Å². The lowest BCUT2D eigenvalue weighted by molar-refractivity contribution is -0.121. The van der Waals surface area contributed by atoms with E-state index in [-0.39, 0.29) is 11.7 Å². The van der Waals surface area contributed by atoms with E-state index in [2.05, 4.69) is 10.4 Å². The summed E-state index contributed by atoms with van der Waals surface area (Å²) in [6.45, 7) is 4.40. The average molecular weight is 351 g/mol. The largest absolute Gasteiger partial charge is 0.352 e. The van der Waals surface area contributed by atoms with Gasteiger partial charge in [0.15, 0.2) is 0 Å². The van der Waals surface area contributed by atoms with Crippen LogP contribution in [0.4, 0.5) is 4.39 Å². The van der Waals surface area contributed by atoms with Gasteiger partial charge in [0.1, 0.15) is 5.82 Å². The zero-order chi connectivity index (χ0) is 18.5. The molecule has 0 aliphatic rings. The van der Waals surface area contributed by atoms with Crippen LogP contribution in [-0.2, 0) is 17.8 Å². The number of nitrogens with zero attached hydrogens (tertiary/aromatic N) is 2. The van der Waals surface area contributed by atoms with Crippen molar-refractivity contribution in [1.29, 1.82) is 0 Å². The molecule has 3 aromatic rings. The molecule has 0 radical (unpaired) electrons. The molecule has 0 saturated heterocycles. The van der Waals surface area contributed by atoms with E-state index in [1.54, 1.807) is 12.1 Å². The van der Waals surface area contributed by atoms with Crippen molar-refractivity contribution in [2.45, 2.75) is 33.2 Å². The zero-order valence-electron chi connectivity index (χ0n) is 15.0. The minimum atomic E-state index is -0.276. The first-order valence-electron chi connectivity index (χ1n) is 8.66. The number of carbonyl (C=O) groups is 1. The van der Waals surface area contributed by atoms with Gasteiger partial charge in [-0.05, 0) is 55.7 Å². The number of amides is 1. The monoisotopic (exact) mass is 351 g/mol. The fourth-order valence-corrected chi connectivity index (χ4v) is 2.99. The molecule has 0 bridgehead atoms. The van der Waals surface area contributed by atoms with E-state index < -0.39 is 0 Å². The maximum absolute atomic E-state index is 12.9. The highest BCUT2D eigenvalue weighted by molar-refractivity contribution is 5.76. The van der Waals surface area contributed by atoms with E-state index in [9.17, 15) is 9.18 Å². The Morgan fingerprint density at radius 1 is 1.08 bits per heavy atom. The Balaban J connectivity index is 1.60. The maximum atomic E-state index is 12.9. The number of halogens is 1. The highest BCUT2D eigenvalue weighted by Crippen LogP contribution is 2.19. The second-order valence-electron chi connectivity index (χ2n) is 6.30. The van der Waals surface area contributed by atoms with E-state index in [0.717, 1.165) is 28.2 Å². The summed E-state index contributed by atoms with van der Waals surface area (Å²) in [4.78, 5) is 12.1. The number of para-hydroxylation sites is 1. The summed E-state index contributed by atoms with van der Waals surface area (Å²) < 4.78 is 14.8. The fraction of sp³-hybridized carbons (Fsp3) is 0.238. The van der Waals surface area contributed by atoms with Crippen LogP contribution in [0.25, 0.3) is 5.69 Å². The quantitative estimate of drug-likeness (QED) is 0.733. The minimum absolute atomic E-state index is 0.0272. The van der Waals surface area contributed by atoms with E-state index in [1.807, 2.05) is 48.9 Å². The van der Waals surface area contributed by atoms with Gasteiger partial charge in [-0.3, -0.25) is 4.79 Å². The van der Waals surface area contributed by atoms with Gasteiger partial charge in [0, 0.05) is 18.7 Å². The molecule has 0 spiro atoms. The molecule has 5 heteroatoms. The fourth-order valence-electron chi connectivity index (χ4n) is 2.99. The van der Waals surface area contributed by atoms with Gasteiger partial charge in [-0.2, -0.15) is 5.10 Å². The number of hydrogen-bond donors (Lipinski definition) is 1. The third kappa shape index (κ3) is 4.17. The van der Waals surface area contributed by atoms with E-state index in [0.29, 0.717) is 19.4 Å². The Morgan fingerprint density at radius 2 is 1.77 bits per heavy atom. The molecule has 1 aromatic heterocycles. The van der Waals surface area contributed by atoms with Crippen molar-refractivity contribution in [3.63, 3.8) is 0 Å². The number of aryl methyl sites for hydroxylation is 1. The standard InChI is InChI=1S/C21H22FN3O/c1-15-20(16(2)25(24-15)19-6-4-3-5-7-19)12-13-21(26)23-14-17-8-10-18(22)11-9-17/h3-11H,12-14H2,1-2H3,(H,23,26). The Morgan fingerprint density at radius 3 is 2.46 bits per heavy atom. The molecule has 134 valence electrons. The number of carbonyl (C=O) groups excluding carboxylic acids is 1. The topological polar surface area (TPSA) is 46.9 Å². The van der Waals surface area contributed by atoms with Gasteiger partial charge < -0.3 is 5.32 Å². The molecule has 0 unspecified atom stereocenters. The molecule has 0 saturated carbocycles. The van der Waals surface area contributed by atoms with Crippen LogP contribution in [-0.4, -0.2) is 15.7 Å². The number of rotatable bonds is 6. The second kappa shape index (κ2) is 7.95. The van der Waals surface area contributed by atoms with E-state index in [4.69, 9.17) is 0 Å². The summed E-state index contributed by atoms with van der Waals surface area (Å²) in [6, 6.07) is 16.1. The first kappa shape index (κ1) is 17.9. The third-order valence-electron chi connectivity index (χ3n) is 4.45. The predicted molar refractivity (Wildman–Crippen MR) is 99.6 cm³/mol. The molecule has 1 N–H and O–H groups in total. The van der Waals surface area contributed by atoms with E-state index in [1.165, 1.54) is 12.1 Å². The van der Waals surface area contributed by atoms with Crippen molar-refractivity contribution in [2.24, 2.45) is 0 Å². The third-order valence-corrected chi connectivity index (χ3v) is 4.45. The molecule has 0 aliphatic heterocycles. The van der Waals surface area contributed by atoms with Crippen molar-refractivity contribution in [3.8, 4) is 5.69 Å². The molecule has 2 aromatic carbocycles. The van der Waals surface area contributed by atoms with Crippen molar-refractivity contribution < 1.29 is 9.18 Å². The van der Waals surface area contributed by atoms with Crippen LogP contribution in [0.5, 0.6) is 0 Å². The van der Waals surface area contributed by atoms with Gasteiger partial charge >= 0.3 is 0 Å². The van der Waals surface area contributed by atoms with Crippen LogP contribution in [0.1, 0.15) is 28.9 Å². The van der Waals surface area contributed by atoms with Gasteiger partial charge in [0.05, 0.1) is 11.4 Å². The molecule has 0 aliphatic carbocycles. The van der Waals surface area contributed by atoms with Crippen molar-refractivity contribution in [3.05, 3.63) is 82.9 Å². The Bertz CT molecular complexity index is 886. The molecular formula is C21H22FN3O. The summed E-state index contributed by atoms with van der Waals surface area (Å²) in [5.41, 5.74) is 4.99. The molecule has 1 heterocycles. The Kier molecular flexibility index (Phi) is 5.46. The minimum Gasteiger partial charge on any atom is -0.352 e. The second-order valence-corrected chi connectivity index (χ2v) is 6.30. The highest BCUT2D eigenvalue weighted by atomic mass is 19.1. The normalized spacial score (nSPS) is 10.7. The SMILES string of the molecule is Cc1nn(-c2ccccc2)c(C)c1CCC(=O)NCc1ccc(F)cc1. The number of benzene rings is 2. The van der Waals surface area contributed by atoms with Crippen LogP contribution in [0.2, 0.25) is 0 Å². The molecule has 3 rings (SSSR count). The molecule has 1 amide bonds. The maximum Gasteiger partial charge on any atom is 0.220 e. The van der Waals surface area contributed by atoms with Crippen molar-refractivity contribution in [1.82, 2.24) is 15.1 Å². The van der Waals surface area contributed by atoms with Crippen LogP contribution >= 0.6 is 0 Å². The zero-order valence-corrected chi connectivity index (χ0v) is 15.0. The van der Waals surface area contributed by atoms with Crippen molar-refractivity contribution >= 4 is 5.91 Å². The van der Waals surface area contributed by atoms with Crippen LogP contribution in [0, 0.1) is 19.7 Å². The summed E-state index contributed by atoms with van der Waals surface area (Å²) >= 11 is 0. The first-order valence-corrected chi connectivity index (χ1v) is 8.66. The lowest BCUT2D eigenvalue weighted by Gasteiger charge is -2.07. The molecular weight excluding hydrogens is 329 g/mol. The number of aromatic nitrogens is 2. The molecule has 26 heavy (non-hydrogen) atoms. The van der Waals surface area contributed by atoms with Crippen LogP contribution < -0.4 is 5.32 Å². The smallest absolute Gasteiger partial charge is 0.220 e. The predicted octanol–water partition coefficient (Wildman–Crippen LogP) is 3.88. The van der Waals surface area contributed by atoms with Gasteiger partial charge in [0.2, 0.25) is 5.91 Å². The van der Waals surface area contributed by atoms with Gasteiger partial charge in [-0.25, -0.2) is 9.07 Å². The van der Waals surface area contributed by atoms with Gasteiger partial charge in [-0.1, -0.05) is 30.3 Å². The lowest BCUT2D eigenvalue weighted by atomic mass is 10.1. The molecule has 0 fully saturated rings. The average Bonchev–Trinajstić information content (AvgIpc) is 2.94. The summed E-state index contributed by atoms with van der Waals surface area (Å²) in [7, 11) is 0. The first-order chi connectivity index (χ1) is 12.5. The summed E-state index contributed by atoms with van der Waals surface area (Å²) in [6.07, 6.45) is 1.03. The Hall–Kier alpha value is -2.95. The number of hydrogen-bond acceptors (Lipinski definition) is 2. The van der Waals surface area contributed by atoms with Gasteiger partial charge in [-0.15, -0.1) is 0 Å².